The van der Waals surface area contributed by atoms with Crippen molar-refractivity contribution in [1.29, 1.82) is 0 Å². The second kappa shape index (κ2) is 11.8. The van der Waals surface area contributed by atoms with E-state index in [9.17, 15) is 4.79 Å². The molecule has 0 spiro atoms. The lowest BCUT2D eigenvalue weighted by Crippen LogP contribution is -2.36. The molecule has 2 N–H and O–H groups in total. The van der Waals surface area contributed by atoms with Crippen molar-refractivity contribution in [3.63, 3.8) is 0 Å². The van der Waals surface area contributed by atoms with Crippen LogP contribution in [0.1, 0.15) is 28.5 Å². The first-order valence-electron chi connectivity index (χ1n) is 8.85. The van der Waals surface area contributed by atoms with E-state index in [0.717, 1.165) is 28.9 Å². The fourth-order valence-electron chi connectivity index (χ4n) is 2.28. The fourth-order valence-corrected chi connectivity index (χ4v) is 3.04. The lowest BCUT2D eigenvalue weighted by molar-refractivity contribution is 0.0827. The maximum Gasteiger partial charge on any atom is 0.253 e. The van der Waals surface area contributed by atoms with Crippen molar-refractivity contribution in [2.45, 2.75) is 20.0 Å². The van der Waals surface area contributed by atoms with Crippen molar-refractivity contribution in [3.05, 3.63) is 46.5 Å². The molecule has 0 atom stereocenters. The number of amides is 1. The molecule has 0 radical (unpaired) electrons. The number of carbonyl (C=O) groups is 1. The van der Waals surface area contributed by atoms with E-state index < -0.39 is 0 Å². The molecule has 9 heteroatoms. The van der Waals surface area contributed by atoms with Gasteiger partial charge in [-0.2, -0.15) is 0 Å². The summed E-state index contributed by atoms with van der Waals surface area (Å²) in [6.07, 6.45) is 0. The second-order valence-electron chi connectivity index (χ2n) is 6.46. The average molecular weight is 516 g/mol. The van der Waals surface area contributed by atoms with Gasteiger partial charge in [-0.05, 0) is 24.6 Å². The highest BCUT2D eigenvalue weighted by molar-refractivity contribution is 14.0. The molecular weight excluding hydrogens is 487 g/mol. The van der Waals surface area contributed by atoms with Gasteiger partial charge in [0, 0.05) is 45.7 Å². The number of carbonyl (C=O) groups excluding carboxylic acids is 1. The summed E-state index contributed by atoms with van der Waals surface area (Å²) in [5, 5.41) is 9.58. The van der Waals surface area contributed by atoms with Gasteiger partial charge in [0.1, 0.15) is 0 Å². The number of nitrogens with zero attached hydrogens (tertiary/aromatic N) is 4. The minimum atomic E-state index is 0. The Bertz CT molecular complexity index is 773. The number of aromatic nitrogens is 1. The van der Waals surface area contributed by atoms with E-state index >= 15 is 0 Å². The number of hydrogen-bond acceptors (Lipinski definition) is 5. The van der Waals surface area contributed by atoms with Gasteiger partial charge in [0.2, 0.25) is 0 Å². The average Bonchev–Trinajstić information content (AvgIpc) is 3.13. The van der Waals surface area contributed by atoms with Crippen LogP contribution in [0.5, 0.6) is 0 Å². The third-order valence-electron chi connectivity index (χ3n) is 3.73. The SMILES string of the molecule is CCNC(=NCc1ccc(C(=O)N(C)C)cc1)NCc1csc(N(C)C)n1.I. The van der Waals surface area contributed by atoms with E-state index in [1.54, 1.807) is 30.3 Å². The summed E-state index contributed by atoms with van der Waals surface area (Å²) in [5.41, 5.74) is 2.71. The molecule has 1 heterocycles. The molecule has 0 fully saturated rings. The highest BCUT2D eigenvalue weighted by atomic mass is 127. The zero-order valence-electron chi connectivity index (χ0n) is 17.0. The minimum absolute atomic E-state index is 0. The van der Waals surface area contributed by atoms with Crippen LogP contribution < -0.4 is 15.5 Å². The zero-order chi connectivity index (χ0) is 19.8. The Labute approximate surface area is 188 Å². The Balaban J connectivity index is 0.00000392. The van der Waals surface area contributed by atoms with E-state index in [2.05, 4.69) is 20.6 Å². The van der Waals surface area contributed by atoms with Crippen molar-refractivity contribution in [3.8, 4) is 0 Å². The fraction of sp³-hybridized carbons (Fsp3) is 0.421. The van der Waals surface area contributed by atoms with E-state index in [4.69, 9.17) is 0 Å². The number of anilines is 1. The van der Waals surface area contributed by atoms with E-state index in [1.165, 1.54) is 0 Å². The molecule has 28 heavy (non-hydrogen) atoms. The largest absolute Gasteiger partial charge is 0.357 e. The van der Waals surface area contributed by atoms with Gasteiger partial charge in [-0.15, -0.1) is 35.3 Å². The van der Waals surface area contributed by atoms with Crippen LogP contribution in [0.15, 0.2) is 34.6 Å². The number of rotatable bonds is 7. The van der Waals surface area contributed by atoms with Crippen molar-refractivity contribution in [2.75, 3.05) is 39.6 Å². The predicted molar refractivity (Wildman–Crippen MR) is 128 cm³/mol. The molecule has 0 bridgehead atoms. The van der Waals surface area contributed by atoms with E-state index in [-0.39, 0.29) is 29.9 Å². The third kappa shape index (κ3) is 7.27. The lowest BCUT2D eigenvalue weighted by Gasteiger charge is -2.11. The molecule has 0 aliphatic carbocycles. The van der Waals surface area contributed by atoms with Gasteiger partial charge in [-0.25, -0.2) is 9.98 Å². The number of nitrogens with one attached hydrogen (secondary N) is 2. The standard InChI is InChI=1S/C19H28N6OS.HI/c1-6-20-18(22-12-16-13-27-19(23-16)25(4)5)21-11-14-7-9-15(10-8-14)17(26)24(2)3;/h7-10,13H,6,11-12H2,1-5H3,(H2,20,21,22);1H. The third-order valence-corrected chi connectivity index (χ3v) is 4.79. The number of guanidine groups is 1. The Kier molecular flexibility index (Phi) is 10.2. The molecular formula is C19H29IN6OS. The van der Waals surface area contributed by atoms with Crippen LogP contribution in [0, 0.1) is 0 Å². The van der Waals surface area contributed by atoms with Gasteiger partial charge in [0.05, 0.1) is 18.8 Å². The first-order valence-corrected chi connectivity index (χ1v) is 9.73. The number of thiazole rings is 1. The van der Waals surface area contributed by atoms with Crippen LogP contribution in [0.25, 0.3) is 0 Å². The normalized spacial score (nSPS) is 10.8. The summed E-state index contributed by atoms with van der Waals surface area (Å²) >= 11 is 1.62. The van der Waals surface area contributed by atoms with Gasteiger partial charge >= 0.3 is 0 Å². The molecule has 2 rings (SSSR count). The summed E-state index contributed by atoms with van der Waals surface area (Å²) in [7, 11) is 7.47. The number of halogens is 1. The van der Waals surface area contributed by atoms with E-state index in [1.807, 2.05) is 55.6 Å². The maximum atomic E-state index is 11.9. The van der Waals surface area contributed by atoms with Crippen LogP contribution in [0.4, 0.5) is 5.13 Å². The minimum Gasteiger partial charge on any atom is -0.357 e. The zero-order valence-corrected chi connectivity index (χ0v) is 20.2. The second-order valence-corrected chi connectivity index (χ2v) is 7.30. The smallest absolute Gasteiger partial charge is 0.253 e. The number of benzene rings is 1. The Morgan fingerprint density at radius 2 is 1.82 bits per heavy atom. The van der Waals surface area contributed by atoms with Gasteiger partial charge < -0.3 is 20.4 Å². The van der Waals surface area contributed by atoms with Crippen molar-refractivity contribution in [2.24, 2.45) is 4.99 Å². The number of hydrogen-bond donors (Lipinski definition) is 2. The first-order chi connectivity index (χ1) is 12.9. The molecule has 0 saturated carbocycles. The highest BCUT2D eigenvalue weighted by Gasteiger charge is 2.07. The lowest BCUT2D eigenvalue weighted by atomic mass is 10.1. The van der Waals surface area contributed by atoms with Crippen molar-refractivity contribution >= 4 is 52.3 Å². The summed E-state index contributed by atoms with van der Waals surface area (Å²) in [6, 6.07) is 7.55. The van der Waals surface area contributed by atoms with Crippen molar-refractivity contribution in [1.82, 2.24) is 20.5 Å². The molecule has 2 aromatic rings. The summed E-state index contributed by atoms with van der Waals surface area (Å²) in [6.45, 7) is 3.96. The Morgan fingerprint density at radius 3 is 2.36 bits per heavy atom. The first kappa shape index (κ1) is 24.2. The summed E-state index contributed by atoms with van der Waals surface area (Å²) in [4.78, 5) is 24.7. The monoisotopic (exact) mass is 516 g/mol. The molecule has 1 aromatic heterocycles. The van der Waals surface area contributed by atoms with Crippen LogP contribution in [0.3, 0.4) is 0 Å². The highest BCUT2D eigenvalue weighted by Crippen LogP contribution is 2.17. The molecule has 0 unspecified atom stereocenters. The van der Waals surface area contributed by atoms with Crippen molar-refractivity contribution < 1.29 is 4.79 Å². The predicted octanol–water partition coefficient (Wildman–Crippen LogP) is 2.78. The number of aliphatic imine (C=N–C) groups is 1. The van der Waals surface area contributed by atoms with Gasteiger partial charge in [0.15, 0.2) is 11.1 Å². The van der Waals surface area contributed by atoms with Crippen LogP contribution >= 0.6 is 35.3 Å². The van der Waals surface area contributed by atoms with Crippen LogP contribution in [-0.4, -0.2) is 56.5 Å². The molecule has 0 aliphatic heterocycles. The molecule has 0 aliphatic rings. The summed E-state index contributed by atoms with van der Waals surface area (Å²) in [5.74, 6) is 0.741. The summed E-state index contributed by atoms with van der Waals surface area (Å²) < 4.78 is 0. The van der Waals surface area contributed by atoms with Gasteiger partial charge in [-0.3, -0.25) is 4.79 Å². The van der Waals surface area contributed by atoms with Gasteiger partial charge in [-0.1, -0.05) is 12.1 Å². The maximum absolute atomic E-state index is 11.9. The molecule has 1 aromatic carbocycles. The Hall–Kier alpha value is -1.88. The molecule has 0 saturated heterocycles. The van der Waals surface area contributed by atoms with Crippen LogP contribution in [-0.2, 0) is 13.1 Å². The quantitative estimate of drug-likeness (QED) is 0.337. The van der Waals surface area contributed by atoms with Gasteiger partial charge in [0.25, 0.3) is 5.91 Å². The molecule has 154 valence electrons. The van der Waals surface area contributed by atoms with Crippen LogP contribution in [0.2, 0.25) is 0 Å². The molecule has 7 nitrogen and oxygen atoms in total. The Morgan fingerprint density at radius 1 is 1.14 bits per heavy atom. The molecule has 1 amide bonds. The van der Waals surface area contributed by atoms with E-state index in [0.29, 0.717) is 18.7 Å². The topological polar surface area (TPSA) is 72.9 Å².